The minimum Gasteiger partial charge on any atom is -0.304 e. The van der Waals surface area contributed by atoms with E-state index in [0.29, 0.717) is 0 Å². The van der Waals surface area contributed by atoms with Crippen molar-refractivity contribution in [2.45, 2.75) is 57.9 Å². The minimum absolute atomic E-state index is 0.838. The molecule has 2 fully saturated rings. The van der Waals surface area contributed by atoms with Crippen LogP contribution >= 0.6 is 0 Å². The van der Waals surface area contributed by atoms with Crippen LogP contribution < -0.4 is 0 Å². The molecule has 0 amide bonds. The molecule has 0 aromatic heterocycles. The highest BCUT2D eigenvalue weighted by atomic mass is 15.1. The number of hydrogen-bond donors (Lipinski definition) is 0. The standard InChI is InChI=1S/C12H23N/c1-3-13(2)11-5-9-12(10-6-11)7-4-8-12/h11H,3-10H2,1-2H3. The van der Waals surface area contributed by atoms with Crippen molar-refractivity contribution in [3.63, 3.8) is 0 Å². The van der Waals surface area contributed by atoms with E-state index >= 15 is 0 Å². The molecular formula is C12H23N. The third-order valence-electron chi connectivity index (χ3n) is 4.55. The Morgan fingerprint density at radius 1 is 1.15 bits per heavy atom. The van der Waals surface area contributed by atoms with Crippen molar-refractivity contribution in [1.82, 2.24) is 4.90 Å². The molecule has 1 nitrogen and oxygen atoms in total. The number of nitrogens with zero attached hydrogens (tertiary/aromatic N) is 1. The van der Waals surface area contributed by atoms with Crippen LogP contribution in [0.2, 0.25) is 0 Å². The van der Waals surface area contributed by atoms with Crippen LogP contribution in [-0.4, -0.2) is 24.5 Å². The molecule has 0 N–H and O–H groups in total. The van der Waals surface area contributed by atoms with Crippen molar-refractivity contribution in [3.8, 4) is 0 Å². The van der Waals surface area contributed by atoms with Crippen molar-refractivity contribution in [3.05, 3.63) is 0 Å². The summed E-state index contributed by atoms with van der Waals surface area (Å²) in [7, 11) is 2.28. The van der Waals surface area contributed by atoms with Crippen molar-refractivity contribution in [2.75, 3.05) is 13.6 Å². The molecule has 1 spiro atoms. The van der Waals surface area contributed by atoms with E-state index in [-0.39, 0.29) is 0 Å². The average Bonchev–Trinajstić information content (AvgIpc) is 2.14. The van der Waals surface area contributed by atoms with Crippen molar-refractivity contribution >= 4 is 0 Å². The summed E-state index contributed by atoms with van der Waals surface area (Å²) in [6.07, 6.45) is 10.5. The average molecular weight is 181 g/mol. The van der Waals surface area contributed by atoms with Crippen molar-refractivity contribution in [1.29, 1.82) is 0 Å². The van der Waals surface area contributed by atoms with E-state index in [2.05, 4.69) is 18.9 Å². The van der Waals surface area contributed by atoms with Crippen LogP contribution in [-0.2, 0) is 0 Å². The Morgan fingerprint density at radius 3 is 2.15 bits per heavy atom. The van der Waals surface area contributed by atoms with Crippen LogP contribution in [0, 0.1) is 5.41 Å². The summed E-state index contributed by atoms with van der Waals surface area (Å²) in [5.41, 5.74) is 0.838. The van der Waals surface area contributed by atoms with Gasteiger partial charge in [-0.15, -0.1) is 0 Å². The van der Waals surface area contributed by atoms with Crippen LogP contribution in [0.1, 0.15) is 51.9 Å². The number of hydrogen-bond acceptors (Lipinski definition) is 1. The van der Waals surface area contributed by atoms with Crippen LogP contribution in [0.25, 0.3) is 0 Å². The molecular weight excluding hydrogens is 158 g/mol. The van der Waals surface area contributed by atoms with Crippen LogP contribution in [0.15, 0.2) is 0 Å². The quantitative estimate of drug-likeness (QED) is 0.633. The fourth-order valence-corrected chi connectivity index (χ4v) is 3.09. The highest BCUT2D eigenvalue weighted by Crippen LogP contribution is 2.51. The Balaban J connectivity index is 1.82. The van der Waals surface area contributed by atoms with E-state index in [1.807, 2.05) is 0 Å². The molecule has 2 rings (SSSR count). The third-order valence-corrected chi connectivity index (χ3v) is 4.55. The molecule has 0 atom stereocenters. The lowest BCUT2D eigenvalue weighted by Crippen LogP contribution is -2.41. The van der Waals surface area contributed by atoms with Gasteiger partial charge in [0.05, 0.1) is 0 Å². The summed E-state index contributed by atoms with van der Waals surface area (Å²) in [6, 6.07) is 0.899. The Kier molecular flexibility index (Phi) is 2.64. The predicted molar refractivity (Wildman–Crippen MR) is 56.8 cm³/mol. The maximum atomic E-state index is 2.53. The molecule has 0 aromatic carbocycles. The fourth-order valence-electron chi connectivity index (χ4n) is 3.09. The summed E-state index contributed by atoms with van der Waals surface area (Å²) in [5.74, 6) is 0. The van der Waals surface area contributed by atoms with Gasteiger partial charge in [-0.1, -0.05) is 13.3 Å². The van der Waals surface area contributed by atoms with E-state index in [1.54, 1.807) is 0 Å². The molecule has 2 aliphatic rings. The van der Waals surface area contributed by atoms with Gasteiger partial charge in [-0.3, -0.25) is 0 Å². The van der Waals surface area contributed by atoms with Gasteiger partial charge in [0.2, 0.25) is 0 Å². The first-order chi connectivity index (χ1) is 6.26. The molecule has 0 aliphatic heterocycles. The van der Waals surface area contributed by atoms with Gasteiger partial charge in [0.1, 0.15) is 0 Å². The summed E-state index contributed by atoms with van der Waals surface area (Å²) >= 11 is 0. The Morgan fingerprint density at radius 2 is 1.77 bits per heavy atom. The lowest BCUT2D eigenvalue weighted by molar-refractivity contribution is 0.0392. The predicted octanol–water partition coefficient (Wildman–Crippen LogP) is 3.05. The molecule has 76 valence electrons. The zero-order valence-electron chi connectivity index (χ0n) is 9.18. The minimum atomic E-state index is 0.838. The van der Waals surface area contributed by atoms with Gasteiger partial charge in [-0.05, 0) is 57.5 Å². The number of rotatable bonds is 2. The van der Waals surface area contributed by atoms with Gasteiger partial charge >= 0.3 is 0 Å². The van der Waals surface area contributed by atoms with E-state index in [4.69, 9.17) is 0 Å². The second kappa shape index (κ2) is 3.61. The molecule has 2 saturated carbocycles. The zero-order chi connectivity index (χ0) is 9.31. The Labute approximate surface area is 82.5 Å². The summed E-state index contributed by atoms with van der Waals surface area (Å²) < 4.78 is 0. The largest absolute Gasteiger partial charge is 0.304 e. The van der Waals surface area contributed by atoms with Gasteiger partial charge in [0.15, 0.2) is 0 Å². The fraction of sp³-hybridized carbons (Fsp3) is 1.00. The van der Waals surface area contributed by atoms with E-state index in [1.165, 1.54) is 51.5 Å². The summed E-state index contributed by atoms with van der Waals surface area (Å²) in [4.78, 5) is 2.53. The van der Waals surface area contributed by atoms with E-state index < -0.39 is 0 Å². The smallest absolute Gasteiger partial charge is 0.00925 e. The second-order valence-corrected chi connectivity index (χ2v) is 5.16. The van der Waals surface area contributed by atoms with Gasteiger partial charge in [-0.25, -0.2) is 0 Å². The molecule has 0 saturated heterocycles. The molecule has 0 unspecified atom stereocenters. The lowest BCUT2D eigenvalue weighted by Gasteiger charge is -2.48. The van der Waals surface area contributed by atoms with Gasteiger partial charge in [-0.2, -0.15) is 0 Å². The molecule has 13 heavy (non-hydrogen) atoms. The zero-order valence-corrected chi connectivity index (χ0v) is 9.18. The highest BCUT2D eigenvalue weighted by Gasteiger charge is 2.40. The van der Waals surface area contributed by atoms with Crippen molar-refractivity contribution < 1.29 is 0 Å². The molecule has 0 radical (unpaired) electrons. The van der Waals surface area contributed by atoms with Crippen LogP contribution in [0.3, 0.4) is 0 Å². The normalized spacial score (nSPS) is 27.9. The Bertz CT molecular complexity index is 162. The van der Waals surface area contributed by atoms with Gasteiger partial charge in [0.25, 0.3) is 0 Å². The second-order valence-electron chi connectivity index (χ2n) is 5.16. The topological polar surface area (TPSA) is 3.24 Å². The maximum Gasteiger partial charge on any atom is 0.00925 e. The maximum absolute atomic E-state index is 2.53. The SMILES string of the molecule is CCN(C)C1CCC2(CCC2)CC1. The lowest BCUT2D eigenvalue weighted by atomic mass is 9.60. The van der Waals surface area contributed by atoms with E-state index in [0.717, 1.165) is 11.5 Å². The molecule has 0 aromatic rings. The Hall–Kier alpha value is -0.0400. The van der Waals surface area contributed by atoms with Crippen LogP contribution in [0.5, 0.6) is 0 Å². The van der Waals surface area contributed by atoms with Gasteiger partial charge in [0, 0.05) is 6.04 Å². The highest BCUT2D eigenvalue weighted by molar-refractivity contribution is 4.93. The van der Waals surface area contributed by atoms with Crippen molar-refractivity contribution in [2.24, 2.45) is 5.41 Å². The molecule has 0 bridgehead atoms. The monoisotopic (exact) mass is 181 g/mol. The molecule has 0 heterocycles. The van der Waals surface area contributed by atoms with Crippen LogP contribution in [0.4, 0.5) is 0 Å². The first kappa shape index (κ1) is 9.51. The first-order valence-electron chi connectivity index (χ1n) is 5.96. The molecule has 1 heteroatoms. The van der Waals surface area contributed by atoms with E-state index in [9.17, 15) is 0 Å². The first-order valence-corrected chi connectivity index (χ1v) is 5.96. The summed E-state index contributed by atoms with van der Waals surface area (Å²) in [5, 5.41) is 0. The summed E-state index contributed by atoms with van der Waals surface area (Å²) in [6.45, 7) is 3.49. The third kappa shape index (κ3) is 1.76. The van der Waals surface area contributed by atoms with Gasteiger partial charge < -0.3 is 4.90 Å². The molecule has 2 aliphatic carbocycles.